The highest BCUT2D eigenvalue weighted by molar-refractivity contribution is 6.06. The first-order chi connectivity index (χ1) is 18.5. The lowest BCUT2D eigenvalue weighted by Crippen LogP contribution is -2.47. The molecule has 0 spiro atoms. The van der Waals surface area contributed by atoms with Crippen molar-refractivity contribution in [2.75, 3.05) is 16.6 Å². The number of para-hydroxylation sites is 1. The number of carbonyl (C=O) groups is 2. The van der Waals surface area contributed by atoms with Crippen molar-refractivity contribution >= 4 is 34.2 Å². The lowest BCUT2D eigenvalue weighted by Gasteiger charge is -2.36. The zero-order chi connectivity index (χ0) is 26.5. The van der Waals surface area contributed by atoms with Crippen molar-refractivity contribution in [2.45, 2.75) is 32.1 Å². The van der Waals surface area contributed by atoms with Gasteiger partial charge in [0.25, 0.3) is 5.91 Å². The topological polar surface area (TPSA) is 81.9 Å². The van der Waals surface area contributed by atoms with E-state index in [2.05, 4.69) is 28.3 Å². The van der Waals surface area contributed by atoms with Crippen molar-refractivity contribution in [3.05, 3.63) is 103 Å². The van der Waals surface area contributed by atoms with Gasteiger partial charge in [0.05, 0.1) is 23.1 Å². The molecule has 0 fully saturated rings. The molecule has 8 heteroatoms. The van der Waals surface area contributed by atoms with Crippen LogP contribution in [-0.4, -0.2) is 38.4 Å². The molecule has 0 atom stereocenters. The highest BCUT2D eigenvalue weighted by Crippen LogP contribution is 2.33. The molecule has 194 valence electrons. The van der Waals surface area contributed by atoms with Crippen LogP contribution in [0.25, 0.3) is 10.9 Å². The van der Waals surface area contributed by atoms with Crippen LogP contribution in [0.5, 0.6) is 0 Å². The molecule has 3 aromatic carbocycles. The molecule has 38 heavy (non-hydrogen) atoms. The molecular weight excluding hydrogens is 478 g/mol. The van der Waals surface area contributed by atoms with Gasteiger partial charge < -0.3 is 10.0 Å². The third kappa shape index (κ3) is 5.39. The van der Waals surface area contributed by atoms with Crippen LogP contribution >= 0.6 is 0 Å². The Morgan fingerprint density at radius 1 is 0.947 bits per heavy atom. The lowest BCUT2D eigenvalue weighted by molar-refractivity contribution is -0.137. The second-order valence-electron chi connectivity index (χ2n) is 9.42. The van der Waals surface area contributed by atoms with E-state index in [1.54, 1.807) is 5.01 Å². The minimum absolute atomic E-state index is 0.125. The Balaban J connectivity index is 1.51. The number of carboxylic acids is 1. The third-order valence-electron chi connectivity index (χ3n) is 6.76. The Kier molecular flexibility index (Phi) is 7.40. The number of anilines is 2. The second-order valence-corrected chi connectivity index (χ2v) is 9.42. The van der Waals surface area contributed by atoms with E-state index >= 15 is 0 Å². The Labute approximate surface area is 222 Å². The van der Waals surface area contributed by atoms with Crippen molar-refractivity contribution in [3.63, 3.8) is 0 Å². The maximum Gasteiger partial charge on any atom is 0.303 e. The molecule has 0 radical (unpaired) electrons. The molecule has 1 aromatic heterocycles. The van der Waals surface area contributed by atoms with Crippen LogP contribution in [0.2, 0.25) is 0 Å². The molecule has 1 amide bonds. The van der Waals surface area contributed by atoms with Gasteiger partial charge in [0.1, 0.15) is 6.67 Å². The molecule has 2 heterocycles. The van der Waals surface area contributed by atoms with E-state index in [1.165, 1.54) is 0 Å². The Morgan fingerprint density at radius 2 is 1.68 bits per heavy atom. The molecular formula is C30H31N5O3. The number of amides is 1. The minimum atomic E-state index is -0.771. The largest absolute Gasteiger partial charge is 0.481 e. The van der Waals surface area contributed by atoms with Crippen molar-refractivity contribution in [1.82, 2.24) is 14.8 Å². The smallest absolute Gasteiger partial charge is 0.303 e. The first-order valence-electron chi connectivity index (χ1n) is 12.8. The number of hydrazine groups is 1. The number of aryl methyl sites for hydroxylation is 1. The maximum absolute atomic E-state index is 14.1. The minimum Gasteiger partial charge on any atom is -0.481 e. The fraction of sp³-hybridized carbons (Fsp3) is 0.233. The van der Waals surface area contributed by atoms with Gasteiger partial charge in [0, 0.05) is 36.3 Å². The fourth-order valence-electron chi connectivity index (χ4n) is 4.79. The average Bonchev–Trinajstić information content (AvgIpc) is 3.53. The number of carboxylic acid groups (broad SMARTS) is 1. The molecule has 5 rings (SSSR count). The van der Waals surface area contributed by atoms with Gasteiger partial charge in [-0.3, -0.25) is 19.3 Å². The van der Waals surface area contributed by atoms with E-state index in [0.29, 0.717) is 18.7 Å². The molecule has 1 aliphatic heterocycles. The van der Waals surface area contributed by atoms with Crippen molar-refractivity contribution in [2.24, 2.45) is 7.05 Å². The van der Waals surface area contributed by atoms with E-state index < -0.39 is 5.97 Å². The Hall–Kier alpha value is -4.59. The number of rotatable bonds is 10. The van der Waals surface area contributed by atoms with Crippen LogP contribution in [-0.2, 0) is 11.8 Å². The highest BCUT2D eigenvalue weighted by Gasteiger charge is 2.32. The fourth-order valence-corrected chi connectivity index (χ4v) is 4.79. The van der Waals surface area contributed by atoms with E-state index in [-0.39, 0.29) is 12.3 Å². The molecule has 1 N–H and O–H groups in total. The van der Waals surface area contributed by atoms with Gasteiger partial charge in [-0.1, -0.05) is 42.8 Å². The number of benzene rings is 3. The summed E-state index contributed by atoms with van der Waals surface area (Å²) in [5.74, 6) is -0.895. The SMILES string of the molecule is Cn1ncc2cc(N(C(=O)c3ccccc3)N3CN(c4ccccc4)C=C3CCCCCC(=O)O)ccc21. The molecule has 1 aliphatic rings. The third-order valence-corrected chi connectivity index (χ3v) is 6.76. The normalized spacial score (nSPS) is 13.1. The standard InChI is InChI=1S/C30H31N5O3/c1-32-28-18-17-26(19-24(28)20-31-32)35(30(38)23-11-5-2-6-12-23)34-22-33(25-13-7-3-8-14-25)21-27(34)15-9-4-10-16-29(36)37/h2-3,5-8,11-14,17-21H,4,9-10,15-16,22H2,1H3,(H,36,37). The van der Waals surface area contributed by atoms with E-state index in [9.17, 15) is 9.59 Å². The van der Waals surface area contributed by atoms with Crippen LogP contribution in [0.15, 0.2) is 97.0 Å². The molecule has 0 unspecified atom stereocenters. The number of hydrogen-bond acceptors (Lipinski definition) is 5. The zero-order valence-corrected chi connectivity index (χ0v) is 21.4. The van der Waals surface area contributed by atoms with Gasteiger partial charge in [0.15, 0.2) is 0 Å². The molecule has 4 aromatic rings. The Morgan fingerprint density at radius 3 is 2.42 bits per heavy atom. The number of fused-ring (bicyclic) bond motifs is 1. The number of nitrogens with zero attached hydrogens (tertiary/aromatic N) is 5. The summed E-state index contributed by atoms with van der Waals surface area (Å²) in [6.45, 7) is 0.470. The molecule has 0 aliphatic carbocycles. The Bertz CT molecular complexity index is 1450. The van der Waals surface area contributed by atoms with Crippen molar-refractivity contribution in [1.29, 1.82) is 0 Å². The molecule has 8 nitrogen and oxygen atoms in total. The lowest BCUT2D eigenvalue weighted by atomic mass is 10.1. The summed E-state index contributed by atoms with van der Waals surface area (Å²) in [5, 5.41) is 18.1. The number of hydrogen-bond donors (Lipinski definition) is 1. The molecule has 0 saturated carbocycles. The van der Waals surface area contributed by atoms with E-state index in [4.69, 9.17) is 5.11 Å². The average molecular weight is 510 g/mol. The van der Waals surface area contributed by atoms with Crippen LogP contribution in [0.1, 0.15) is 42.5 Å². The number of allylic oxidation sites excluding steroid dienone is 1. The van der Waals surface area contributed by atoms with Gasteiger partial charge in [-0.15, -0.1) is 0 Å². The summed E-state index contributed by atoms with van der Waals surface area (Å²) < 4.78 is 1.82. The summed E-state index contributed by atoms with van der Waals surface area (Å²) in [7, 11) is 1.90. The van der Waals surface area contributed by atoms with E-state index in [1.807, 2.05) is 89.7 Å². The quantitative estimate of drug-likeness (QED) is 0.273. The van der Waals surface area contributed by atoms with Crippen molar-refractivity contribution < 1.29 is 14.7 Å². The van der Waals surface area contributed by atoms with Crippen molar-refractivity contribution in [3.8, 4) is 0 Å². The van der Waals surface area contributed by atoms with Gasteiger partial charge in [0.2, 0.25) is 0 Å². The number of unbranched alkanes of at least 4 members (excludes halogenated alkanes) is 2. The number of aliphatic carboxylic acids is 1. The van der Waals surface area contributed by atoms with Gasteiger partial charge in [-0.05, 0) is 61.7 Å². The van der Waals surface area contributed by atoms with Gasteiger partial charge >= 0.3 is 5.97 Å². The summed E-state index contributed by atoms with van der Waals surface area (Å²) in [5.41, 5.74) is 4.37. The first-order valence-corrected chi connectivity index (χ1v) is 12.8. The van der Waals surface area contributed by atoms with Gasteiger partial charge in [-0.25, -0.2) is 5.01 Å². The summed E-state index contributed by atoms with van der Waals surface area (Å²) in [6.07, 6.45) is 7.06. The number of carbonyl (C=O) groups excluding carboxylic acids is 1. The highest BCUT2D eigenvalue weighted by atomic mass is 16.4. The van der Waals surface area contributed by atoms with Crippen LogP contribution < -0.4 is 9.91 Å². The van der Waals surface area contributed by atoms with E-state index in [0.717, 1.165) is 47.2 Å². The molecule has 0 saturated heterocycles. The van der Waals surface area contributed by atoms with Crippen LogP contribution in [0, 0.1) is 0 Å². The number of aromatic nitrogens is 2. The zero-order valence-electron chi connectivity index (χ0n) is 21.4. The van der Waals surface area contributed by atoms with Crippen LogP contribution in [0.3, 0.4) is 0 Å². The van der Waals surface area contributed by atoms with Crippen LogP contribution in [0.4, 0.5) is 11.4 Å². The predicted octanol–water partition coefficient (Wildman–Crippen LogP) is 5.79. The summed E-state index contributed by atoms with van der Waals surface area (Å²) in [4.78, 5) is 27.2. The monoisotopic (exact) mass is 509 g/mol. The predicted molar refractivity (Wildman–Crippen MR) is 148 cm³/mol. The second kappa shape index (κ2) is 11.2. The summed E-state index contributed by atoms with van der Waals surface area (Å²) in [6, 6.07) is 25.3. The first kappa shape index (κ1) is 25.1. The summed E-state index contributed by atoms with van der Waals surface area (Å²) >= 11 is 0. The van der Waals surface area contributed by atoms with Gasteiger partial charge in [-0.2, -0.15) is 5.10 Å². The maximum atomic E-state index is 14.1. The molecule has 0 bridgehead atoms.